The van der Waals surface area contributed by atoms with E-state index >= 15 is 0 Å². The molecule has 2 aromatic carbocycles. The molecule has 130 valence electrons. The van der Waals surface area contributed by atoms with Crippen LogP contribution in [0.25, 0.3) is 0 Å². The zero-order valence-electron chi connectivity index (χ0n) is 14.2. The summed E-state index contributed by atoms with van der Waals surface area (Å²) >= 11 is 0. The minimum Gasteiger partial charge on any atom is -0.454 e. The molecule has 0 bridgehead atoms. The second-order valence-electron chi connectivity index (χ2n) is 6.92. The van der Waals surface area contributed by atoms with Gasteiger partial charge in [0.15, 0.2) is 23.0 Å². The van der Waals surface area contributed by atoms with Gasteiger partial charge < -0.3 is 23.7 Å². The summed E-state index contributed by atoms with van der Waals surface area (Å²) in [5, 5.41) is 0. The average molecular weight is 340 g/mol. The number of benzene rings is 2. The smallest absolute Gasteiger partial charge is 0.231 e. The summed E-state index contributed by atoms with van der Waals surface area (Å²) in [5.41, 5.74) is 2.26. The minimum atomic E-state index is 0.0277. The third kappa shape index (κ3) is 2.34. The molecule has 3 aliphatic rings. The maximum Gasteiger partial charge on any atom is 0.231 e. The van der Waals surface area contributed by atoms with Crippen LogP contribution in [0.4, 0.5) is 0 Å². The van der Waals surface area contributed by atoms with Gasteiger partial charge in [0, 0.05) is 0 Å². The molecule has 1 unspecified atom stereocenters. The normalized spacial score (nSPS) is 29.2. The molecule has 1 fully saturated rings. The molecule has 0 N–H and O–H groups in total. The van der Waals surface area contributed by atoms with Crippen LogP contribution in [0.2, 0.25) is 0 Å². The fraction of sp³-hybridized carbons (Fsp3) is 0.400. The standard InChI is InChI=1S/C20H20O5/c1-11-12(2)20(14-4-6-16-18(8-14)24-10-22-16)25-19(11)13-3-5-15-17(7-13)23-9-21-15/h3-8,11-12,19-20H,9-10H2,1-2H3/t11-,12-,19-,20?/m1/s1. The molecule has 3 aliphatic heterocycles. The van der Waals surface area contributed by atoms with Crippen molar-refractivity contribution in [3.63, 3.8) is 0 Å². The van der Waals surface area contributed by atoms with Gasteiger partial charge in [-0.15, -0.1) is 0 Å². The van der Waals surface area contributed by atoms with E-state index in [2.05, 4.69) is 26.0 Å². The lowest BCUT2D eigenvalue weighted by atomic mass is 9.85. The van der Waals surface area contributed by atoms with Crippen LogP contribution in [-0.2, 0) is 4.74 Å². The Hall–Kier alpha value is -2.40. The van der Waals surface area contributed by atoms with Crippen LogP contribution < -0.4 is 18.9 Å². The van der Waals surface area contributed by atoms with Crippen LogP contribution in [0.3, 0.4) is 0 Å². The van der Waals surface area contributed by atoms with E-state index < -0.39 is 0 Å². The molecular weight excluding hydrogens is 320 g/mol. The first-order valence-electron chi connectivity index (χ1n) is 8.65. The molecule has 0 spiro atoms. The first kappa shape index (κ1) is 14.9. The molecule has 0 aromatic heterocycles. The number of ether oxygens (including phenoxy) is 5. The Morgan fingerprint density at radius 2 is 1.08 bits per heavy atom. The third-order valence-corrected chi connectivity index (χ3v) is 5.53. The van der Waals surface area contributed by atoms with E-state index in [4.69, 9.17) is 23.7 Å². The average Bonchev–Trinajstić information content (AvgIpc) is 3.34. The zero-order valence-corrected chi connectivity index (χ0v) is 14.2. The molecular formula is C20H20O5. The topological polar surface area (TPSA) is 46.2 Å². The van der Waals surface area contributed by atoms with E-state index in [-0.39, 0.29) is 25.8 Å². The lowest BCUT2D eigenvalue weighted by Crippen LogP contribution is -2.09. The summed E-state index contributed by atoms with van der Waals surface area (Å²) in [7, 11) is 0. The number of hydrogen-bond acceptors (Lipinski definition) is 5. The lowest BCUT2D eigenvalue weighted by molar-refractivity contribution is 0.0288. The van der Waals surface area contributed by atoms with Crippen molar-refractivity contribution in [2.24, 2.45) is 11.8 Å². The van der Waals surface area contributed by atoms with Gasteiger partial charge in [-0.1, -0.05) is 26.0 Å². The van der Waals surface area contributed by atoms with Gasteiger partial charge in [0.25, 0.3) is 0 Å². The van der Waals surface area contributed by atoms with E-state index in [1.165, 1.54) is 0 Å². The van der Waals surface area contributed by atoms with Crippen molar-refractivity contribution < 1.29 is 23.7 Å². The summed E-state index contributed by atoms with van der Waals surface area (Å²) in [4.78, 5) is 0. The van der Waals surface area contributed by atoms with Crippen LogP contribution in [0.1, 0.15) is 37.2 Å². The first-order chi connectivity index (χ1) is 12.2. The Labute approximate surface area is 146 Å². The van der Waals surface area contributed by atoms with Gasteiger partial charge in [-0.05, 0) is 47.2 Å². The van der Waals surface area contributed by atoms with Crippen molar-refractivity contribution in [3.05, 3.63) is 47.5 Å². The van der Waals surface area contributed by atoms with Crippen LogP contribution in [0, 0.1) is 11.8 Å². The quantitative estimate of drug-likeness (QED) is 0.819. The minimum absolute atomic E-state index is 0.0277. The fourth-order valence-electron chi connectivity index (χ4n) is 3.90. The van der Waals surface area contributed by atoms with Crippen molar-refractivity contribution in [1.82, 2.24) is 0 Å². The predicted molar refractivity (Wildman–Crippen MR) is 90.0 cm³/mol. The van der Waals surface area contributed by atoms with Crippen LogP contribution in [0.15, 0.2) is 36.4 Å². The molecule has 5 heteroatoms. The van der Waals surface area contributed by atoms with Crippen molar-refractivity contribution in [2.75, 3.05) is 13.6 Å². The zero-order chi connectivity index (χ0) is 17.0. The summed E-state index contributed by atoms with van der Waals surface area (Å²) < 4.78 is 28.3. The summed E-state index contributed by atoms with van der Waals surface area (Å²) in [6.45, 7) is 5.06. The highest BCUT2D eigenvalue weighted by molar-refractivity contribution is 5.47. The Morgan fingerprint density at radius 1 is 0.640 bits per heavy atom. The Kier molecular flexibility index (Phi) is 3.31. The van der Waals surface area contributed by atoms with E-state index in [1.54, 1.807) is 0 Å². The Bertz CT molecular complexity index is 750. The summed E-state index contributed by atoms with van der Waals surface area (Å²) in [6, 6.07) is 12.2. The van der Waals surface area contributed by atoms with Crippen molar-refractivity contribution in [3.8, 4) is 23.0 Å². The molecule has 4 atom stereocenters. The van der Waals surface area contributed by atoms with Crippen molar-refractivity contribution in [1.29, 1.82) is 0 Å². The first-order valence-corrected chi connectivity index (χ1v) is 8.65. The summed E-state index contributed by atoms with van der Waals surface area (Å²) in [6.07, 6.45) is 0.0554. The highest BCUT2D eigenvalue weighted by atomic mass is 16.7. The Balaban J connectivity index is 1.44. The van der Waals surface area contributed by atoms with Gasteiger partial charge >= 0.3 is 0 Å². The van der Waals surface area contributed by atoms with Gasteiger partial charge in [-0.3, -0.25) is 0 Å². The molecule has 1 saturated heterocycles. The van der Waals surface area contributed by atoms with Crippen LogP contribution in [0.5, 0.6) is 23.0 Å². The van der Waals surface area contributed by atoms with Crippen LogP contribution in [-0.4, -0.2) is 13.6 Å². The second kappa shape index (κ2) is 5.56. The Morgan fingerprint density at radius 3 is 1.56 bits per heavy atom. The number of rotatable bonds is 2. The highest BCUT2D eigenvalue weighted by Crippen LogP contribution is 2.51. The molecule has 0 aliphatic carbocycles. The fourth-order valence-corrected chi connectivity index (χ4v) is 3.90. The summed E-state index contributed by atoms with van der Waals surface area (Å²) in [5.74, 6) is 3.97. The van der Waals surface area contributed by atoms with Gasteiger partial charge in [0.2, 0.25) is 13.6 Å². The predicted octanol–water partition coefficient (Wildman–Crippen LogP) is 4.23. The van der Waals surface area contributed by atoms with E-state index in [9.17, 15) is 0 Å². The molecule has 2 aromatic rings. The third-order valence-electron chi connectivity index (χ3n) is 5.53. The maximum atomic E-state index is 6.48. The van der Waals surface area contributed by atoms with E-state index in [0.29, 0.717) is 11.8 Å². The molecule has 0 saturated carbocycles. The molecule has 0 amide bonds. The lowest BCUT2D eigenvalue weighted by Gasteiger charge is -2.17. The maximum absolute atomic E-state index is 6.48. The molecule has 5 nitrogen and oxygen atoms in total. The molecule has 3 heterocycles. The van der Waals surface area contributed by atoms with Crippen molar-refractivity contribution in [2.45, 2.75) is 26.1 Å². The largest absolute Gasteiger partial charge is 0.454 e. The monoisotopic (exact) mass is 340 g/mol. The van der Waals surface area contributed by atoms with E-state index in [1.807, 2.05) is 24.3 Å². The number of hydrogen-bond donors (Lipinski definition) is 0. The molecule has 5 rings (SSSR count). The molecule has 0 radical (unpaired) electrons. The van der Waals surface area contributed by atoms with Gasteiger partial charge in [-0.25, -0.2) is 0 Å². The van der Waals surface area contributed by atoms with Gasteiger partial charge in [0.05, 0.1) is 12.2 Å². The number of fused-ring (bicyclic) bond motifs is 2. The van der Waals surface area contributed by atoms with Crippen molar-refractivity contribution >= 4 is 0 Å². The van der Waals surface area contributed by atoms with Crippen LogP contribution >= 0.6 is 0 Å². The molecule has 25 heavy (non-hydrogen) atoms. The van der Waals surface area contributed by atoms with Gasteiger partial charge in [-0.2, -0.15) is 0 Å². The second-order valence-corrected chi connectivity index (χ2v) is 6.92. The highest BCUT2D eigenvalue weighted by Gasteiger charge is 2.41. The van der Waals surface area contributed by atoms with E-state index in [0.717, 1.165) is 34.1 Å². The SMILES string of the molecule is C[C@H]1[C@H](c2ccc3c(c2)OCO3)OC(c2ccc3c(c2)OCO3)[C@@H]1C. The van der Waals surface area contributed by atoms with Gasteiger partial charge in [0.1, 0.15) is 0 Å².